The molecule has 0 bridgehead atoms. The highest BCUT2D eigenvalue weighted by atomic mass is 16.1. The number of rotatable bonds is 9. The molecule has 4 heteroatoms. The number of fused-ring (bicyclic) bond motifs is 1. The third-order valence-electron chi connectivity index (χ3n) is 5.76. The van der Waals surface area contributed by atoms with E-state index in [0.717, 1.165) is 35.4 Å². The predicted molar refractivity (Wildman–Crippen MR) is 119 cm³/mol. The van der Waals surface area contributed by atoms with Crippen LogP contribution in [0, 0.1) is 13.8 Å². The van der Waals surface area contributed by atoms with Crippen LogP contribution >= 0.6 is 0 Å². The molecular weight excluding hydrogens is 358 g/mol. The van der Waals surface area contributed by atoms with E-state index in [0.29, 0.717) is 5.56 Å². The normalized spacial score (nSPS) is 13.4. The van der Waals surface area contributed by atoms with Crippen LogP contribution in [0.2, 0.25) is 0 Å². The van der Waals surface area contributed by atoms with Crippen LogP contribution in [0.25, 0.3) is 5.65 Å². The molecular formula is C25H33N3O. The third kappa shape index (κ3) is 4.87. The van der Waals surface area contributed by atoms with Crippen molar-refractivity contribution in [1.82, 2.24) is 14.7 Å². The second kappa shape index (κ2) is 9.25. The lowest BCUT2D eigenvalue weighted by atomic mass is 9.86. The molecule has 0 aliphatic heterocycles. The first kappa shape index (κ1) is 21.1. The molecule has 1 N–H and O–H groups in total. The van der Waals surface area contributed by atoms with Crippen LogP contribution in [-0.4, -0.2) is 15.3 Å². The maximum atomic E-state index is 13.3. The Kier molecular flexibility index (Phi) is 6.73. The van der Waals surface area contributed by atoms with Gasteiger partial charge in [0, 0.05) is 17.6 Å². The predicted octanol–water partition coefficient (Wildman–Crippen LogP) is 5.96. The topological polar surface area (TPSA) is 46.4 Å². The number of hydrogen-bond donors (Lipinski definition) is 1. The van der Waals surface area contributed by atoms with Crippen LogP contribution in [0.5, 0.6) is 0 Å². The van der Waals surface area contributed by atoms with E-state index in [4.69, 9.17) is 0 Å². The molecule has 3 rings (SSSR count). The Balaban J connectivity index is 1.85. The standard InChI is InChI=1S/C25H33N3O/c1-5-6-7-8-12-16-25(4,21-13-10-9-11-14-21)27-24(29)22-15-17-28-20(3)18-19(2)26-23(22)28/h9-11,13-15,17-18H,5-8,12,16H2,1-4H3,(H,27,29). The summed E-state index contributed by atoms with van der Waals surface area (Å²) in [5, 5.41) is 3.34. The van der Waals surface area contributed by atoms with Crippen molar-refractivity contribution >= 4 is 11.6 Å². The number of carbonyl (C=O) groups excluding carboxylic acids is 1. The quantitative estimate of drug-likeness (QED) is 0.458. The molecule has 1 amide bonds. The average Bonchev–Trinajstić information content (AvgIpc) is 3.13. The minimum absolute atomic E-state index is 0.0649. The molecule has 0 spiro atoms. The van der Waals surface area contributed by atoms with E-state index in [-0.39, 0.29) is 5.91 Å². The van der Waals surface area contributed by atoms with Crippen LogP contribution < -0.4 is 5.32 Å². The zero-order chi connectivity index (χ0) is 20.9. The van der Waals surface area contributed by atoms with Crippen LogP contribution in [0.1, 0.15) is 79.7 Å². The summed E-state index contributed by atoms with van der Waals surface area (Å²) in [4.78, 5) is 17.9. The number of benzene rings is 1. The first-order chi connectivity index (χ1) is 13.9. The fraction of sp³-hybridized carbons (Fsp3) is 0.440. The van der Waals surface area contributed by atoms with E-state index in [9.17, 15) is 4.79 Å². The number of amides is 1. The lowest BCUT2D eigenvalue weighted by molar-refractivity contribution is 0.0899. The fourth-order valence-electron chi connectivity index (χ4n) is 4.06. The van der Waals surface area contributed by atoms with Crippen molar-refractivity contribution in [2.24, 2.45) is 0 Å². The van der Waals surface area contributed by atoms with Crippen molar-refractivity contribution < 1.29 is 4.79 Å². The molecule has 29 heavy (non-hydrogen) atoms. The molecule has 0 aliphatic carbocycles. The number of aryl methyl sites for hydroxylation is 2. The van der Waals surface area contributed by atoms with Crippen LogP contribution in [0.15, 0.2) is 48.7 Å². The van der Waals surface area contributed by atoms with Gasteiger partial charge in [0.2, 0.25) is 0 Å². The van der Waals surface area contributed by atoms with Crippen LogP contribution in [-0.2, 0) is 5.54 Å². The molecule has 4 nitrogen and oxygen atoms in total. The zero-order valence-electron chi connectivity index (χ0n) is 18.2. The number of unbranched alkanes of at least 4 members (excludes halogenated alkanes) is 4. The molecule has 1 atom stereocenters. The molecule has 0 aliphatic rings. The van der Waals surface area contributed by atoms with Gasteiger partial charge in [-0.25, -0.2) is 4.98 Å². The molecule has 0 saturated heterocycles. The zero-order valence-corrected chi connectivity index (χ0v) is 18.2. The van der Waals surface area contributed by atoms with Gasteiger partial charge in [-0.2, -0.15) is 0 Å². The van der Waals surface area contributed by atoms with E-state index in [1.54, 1.807) is 0 Å². The summed E-state index contributed by atoms with van der Waals surface area (Å²) in [5.41, 5.74) is 4.09. The van der Waals surface area contributed by atoms with Gasteiger partial charge in [0.25, 0.3) is 5.91 Å². The van der Waals surface area contributed by atoms with Crippen LogP contribution in [0.4, 0.5) is 0 Å². The third-order valence-corrected chi connectivity index (χ3v) is 5.76. The molecule has 0 fully saturated rings. The minimum Gasteiger partial charge on any atom is -0.343 e. The molecule has 2 aromatic heterocycles. The summed E-state index contributed by atoms with van der Waals surface area (Å²) in [5.74, 6) is -0.0649. The van der Waals surface area contributed by atoms with Gasteiger partial charge < -0.3 is 9.72 Å². The fourth-order valence-corrected chi connectivity index (χ4v) is 4.06. The average molecular weight is 392 g/mol. The van der Waals surface area contributed by atoms with Gasteiger partial charge in [0.15, 0.2) is 0 Å². The lowest BCUT2D eigenvalue weighted by Gasteiger charge is -2.32. The number of carbonyl (C=O) groups is 1. The largest absolute Gasteiger partial charge is 0.343 e. The summed E-state index contributed by atoms with van der Waals surface area (Å²) in [6.45, 7) is 8.37. The molecule has 1 unspecified atom stereocenters. The highest BCUT2D eigenvalue weighted by Gasteiger charge is 2.29. The van der Waals surface area contributed by atoms with Crippen molar-refractivity contribution in [1.29, 1.82) is 0 Å². The maximum absolute atomic E-state index is 13.3. The van der Waals surface area contributed by atoms with Gasteiger partial charge in [-0.3, -0.25) is 4.79 Å². The van der Waals surface area contributed by atoms with Gasteiger partial charge in [0.1, 0.15) is 5.65 Å². The first-order valence-corrected chi connectivity index (χ1v) is 10.8. The SMILES string of the molecule is CCCCCCCC(C)(NC(=O)c1ccn2c(C)cc(C)nc12)c1ccccc1. The Hall–Kier alpha value is -2.62. The van der Waals surface area contributed by atoms with Crippen molar-refractivity contribution in [2.45, 2.75) is 71.8 Å². The number of hydrogen-bond acceptors (Lipinski definition) is 2. The maximum Gasteiger partial charge on any atom is 0.255 e. The second-order valence-electron chi connectivity index (χ2n) is 8.28. The van der Waals surface area contributed by atoms with Crippen LogP contribution in [0.3, 0.4) is 0 Å². The van der Waals surface area contributed by atoms with Crippen molar-refractivity contribution in [2.75, 3.05) is 0 Å². The smallest absolute Gasteiger partial charge is 0.255 e. The minimum atomic E-state index is -0.405. The molecule has 1 aromatic carbocycles. The summed E-state index contributed by atoms with van der Waals surface area (Å²) < 4.78 is 1.98. The van der Waals surface area contributed by atoms with Gasteiger partial charge in [-0.15, -0.1) is 0 Å². The van der Waals surface area contributed by atoms with E-state index >= 15 is 0 Å². The molecule has 3 aromatic rings. The number of nitrogens with one attached hydrogen (secondary N) is 1. The van der Waals surface area contributed by atoms with E-state index in [2.05, 4.69) is 36.3 Å². The van der Waals surface area contributed by atoms with E-state index in [1.165, 1.54) is 25.7 Å². The highest BCUT2D eigenvalue weighted by molar-refractivity contribution is 6.00. The summed E-state index contributed by atoms with van der Waals surface area (Å²) in [6, 6.07) is 14.2. The summed E-state index contributed by atoms with van der Waals surface area (Å²) in [6.07, 6.45) is 8.90. The second-order valence-corrected chi connectivity index (χ2v) is 8.28. The number of aromatic nitrogens is 2. The molecule has 0 saturated carbocycles. The van der Waals surface area contributed by atoms with E-state index < -0.39 is 5.54 Å². The Morgan fingerprint density at radius 1 is 1.07 bits per heavy atom. The monoisotopic (exact) mass is 391 g/mol. The lowest BCUT2D eigenvalue weighted by Crippen LogP contribution is -2.43. The summed E-state index contributed by atoms with van der Waals surface area (Å²) in [7, 11) is 0. The van der Waals surface area contributed by atoms with Crippen molar-refractivity contribution in [3.05, 3.63) is 71.2 Å². The molecule has 0 radical (unpaired) electrons. The van der Waals surface area contributed by atoms with Gasteiger partial charge in [-0.05, 0) is 44.9 Å². The molecule has 2 heterocycles. The van der Waals surface area contributed by atoms with E-state index in [1.807, 2.05) is 54.8 Å². The van der Waals surface area contributed by atoms with Gasteiger partial charge in [-0.1, -0.05) is 69.4 Å². The highest BCUT2D eigenvalue weighted by Crippen LogP contribution is 2.28. The molecule has 154 valence electrons. The van der Waals surface area contributed by atoms with Gasteiger partial charge >= 0.3 is 0 Å². The van der Waals surface area contributed by atoms with Crippen molar-refractivity contribution in [3.63, 3.8) is 0 Å². The van der Waals surface area contributed by atoms with Gasteiger partial charge in [0.05, 0.1) is 11.1 Å². The Morgan fingerprint density at radius 2 is 1.79 bits per heavy atom. The van der Waals surface area contributed by atoms with Crippen molar-refractivity contribution in [3.8, 4) is 0 Å². The summed E-state index contributed by atoms with van der Waals surface area (Å²) >= 11 is 0. The Labute approximate surface area is 174 Å². The number of nitrogens with zero attached hydrogens (tertiary/aromatic N) is 2. The Bertz CT molecular complexity index is 961. The first-order valence-electron chi connectivity index (χ1n) is 10.8. The Morgan fingerprint density at radius 3 is 2.52 bits per heavy atom.